The number of benzene rings is 1. The second-order valence-corrected chi connectivity index (χ2v) is 4.22. The van der Waals surface area contributed by atoms with Crippen molar-refractivity contribution in [3.05, 3.63) is 29.6 Å². The summed E-state index contributed by atoms with van der Waals surface area (Å²) in [7, 11) is 0. The van der Waals surface area contributed by atoms with Crippen molar-refractivity contribution in [2.24, 2.45) is 11.7 Å². The van der Waals surface area contributed by atoms with Crippen LogP contribution < -0.4 is 11.1 Å². The summed E-state index contributed by atoms with van der Waals surface area (Å²) >= 11 is 0. The number of anilines is 1. The van der Waals surface area contributed by atoms with Crippen molar-refractivity contribution in [3.8, 4) is 0 Å². The summed E-state index contributed by atoms with van der Waals surface area (Å²) in [6.45, 7) is 5.40. The third kappa shape index (κ3) is 3.03. The Morgan fingerprint density at radius 3 is 2.56 bits per heavy atom. The topological polar surface area (TPSA) is 55.1 Å². The highest BCUT2D eigenvalue weighted by Crippen LogP contribution is 2.14. The fourth-order valence-corrected chi connectivity index (χ4v) is 1.25. The Hall–Kier alpha value is -1.42. The predicted molar refractivity (Wildman–Crippen MR) is 62.6 cm³/mol. The van der Waals surface area contributed by atoms with Crippen molar-refractivity contribution in [2.45, 2.75) is 26.8 Å². The maximum atomic E-state index is 13.0. The number of hydrogen-bond donors (Lipinski definition) is 2. The van der Waals surface area contributed by atoms with Gasteiger partial charge in [0.05, 0.1) is 6.04 Å². The van der Waals surface area contributed by atoms with Crippen molar-refractivity contribution in [1.82, 2.24) is 0 Å². The lowest BCUT2D eigenvalue weighted by atomic mass is 10.0. The standard InChI is InChI=1S/C12H17FN2O/c1-7(2)11(14)12(16)15-9-4-5-10(13)8(3)6-9/h4-7,11H,14H2,1-3H3,(H,15,16)/t11-/m1/s1. The van der Waals surface area contributed by atoms with E-state index in [0.717, 1.165) is 0 Å². The summed E-state index contributed by atoms with van der Waals surface area (Å²) in [6, 6.07) is 3.88. The fraction of sp³-hybridized carbons (Fsp3) is 0.417. The molecule has 88 valence electrons. The minimum atomic E-state index is -0.551. The van der Waals surface area contributed by atoms with Crippen LogP contribution in [0.3, 0.4) is 0 Å². The first-order valence-corrected chi connectivity index (χ1v) is 5.24. The number of hydrogen-bond acceptors (Lipinski definition) is 2. The molecule has 0 heterocycles. The molecular formula is C12H17FN2O. The molecule has 0 fully saturated rings. The zero-order valence-corrected chi connectivity index (χ0v) is 9.75. The molecule has 0 aliphatic carbocycles. The number of rotatable bonds is 3. The SMILES string of the molecule is Cc1cc(NC(=O)[C@H](N)C(C)C)ccc1F. The maximum absolute atomic E-state index is 13.0. The molecule has 1 atom stereocenters. The smallest absolute Gasteiger partial charge is 0.241 e. The molecule has 0 aliphatic rings. The third-order valence-electron chi connectivity index (χ3n) is 2.45. The second kappa shape index (κ2) is 5.07. The van der Waals surface area contributed by atoms with E-state index in [0.29, 0.717) is 11.3 Å². The van der Waals surface area contributed by atoms with Crippen LogP contribution >= 0.6 is 0 Å². The molecule has 1 aromatic carbocycles. The molecule has 0 unspecified atom stereocenters. The van der Waals surface area contributed by atoms with Gasteiger partial charge in [-0.1, -0.05) is 13.8 Å². The molecule has 16 heavy (non-hydrogen) atoms. The van der Waals surface area contributed by atoms with Crippen LogP contribution in [0.4, 0.5) is 10.1 Å². The molecule has 0 bridgehead atoms. The van der Waals surface area contributed by atoms with Crippen LogP contribution in [0.25, 0.3) is 0 Å². The summed E-state index contributed by atoms with van der Waals surface area (Å²) in [5, 5.41) is 2.66. The number of aryl methyl sites for hydroxylation is 1. The maximum Gasteiger partial charge on any atom is 0.241 e. The van der Waals surface area contributed by atoms with Crippen LogP contribution in [-0.4, -0.2) is 11.9 Å². The van der Waals surface area contributed by atoms with Gasteiger partial charge in [0.2, 0.25) is 5.91 Å². The van der Waals surface area contributed by atoms with Gasteiger partial charge in [-0.3, -0.25) is 4.79 Å². The molecule has 0 saturated heterocycles. The van der Waals surface area contributed by atoms with E-state index >= 15 is 0 Å². The van der Waals surface area contributed by atoms with E-state index < -0.39 is 6.04 Å². The summed E-state index contributed by atoms with van der Waals surface area (Å²) in [5.41, 5.74) is 6.76. The highest BCUT2D eigenvalue weighted by atomic mass is 19.1. The van der Waals surface area contributed by atoms with E-state index in [1.165, 1.54) is 12.1 Å². The lowest BCUT2D eigenvalue weighted by Gasteiger charge is -2.15. The van der Waals surface area contributed by atoms with Crippen LogP contribution in [-0.2, 0) is 4.79 Å². The zero-order valence-electron chi connectivity index (χ0n) is 9.75. The predicted octanol–water partition coefficient (Wildman–Crippen LogP) is 2.06. The Bertz CT molecular complexity index is 391. The molecule has 3 N–H and O–H groups in total. The molecule has 1 rings (SSSR count). The summed E-state index contributed by atoms with van der Waals surface area (Å²) in [6.07, 6.45) is 0. The van der Waals surface area contributed by atoms with Crippen molar-refractivity contribution < 1.29 is 9.18 Å². The van der Waals surface area contributed by atoms with Gasteiger partial charge in [-0.05, 0) is 36.6 Å². The molecule has 1 aromatic rings. The molecule has 4 heteroatoms. The number of carbonyl (C=O) groups is 1. The molecular weight excluding hydrogens is 207 g/mol. The molecule has 0 aromatic heterocycles. The van der Waals surface area contributed by atoms with Gasteiger partial charge >= 0.3 is 0 Å². The van der Waals surface area contributed by atoms with E-state index in [-0.39, 0.29) is 17.6 Å². The van der Waals surface area contributed by atoms with Crippen LogP contribution in [0.1, 0.15) is 19.4 Å². The van der Waals surface area contributed by atoms with Gasteiger partial charge in [-0.15, -0.1) is 0 Å². The van der Waals surface area contributed by atoms with Crippen LogP contribution in [0, 0.1) is 18.7 Å². The minimum Gasteiger partial charge on any atom is -0.325 e. The van der Waals surface area contributed by atoms with Crippen molar-refractivity contribution >= 4 is 11.6 Å². The number of amides is 1. The number of carbonyl (C=O) groups excluding carboxylic acids is 1. The van der Waals surface area contributed by atoms with Gasteiger partial charge in [0.1, 0.15) is 5.82 Å². The normalized spacial score (nSPS) is 12.6. The van der Waals surface area contributed by atoms with Gasteiger partial charge in [0.25, 0.3) is 0 Å². The molecule has 3 nitrogen and oxygen atoms in total. The van der Waals surface area contributed by atoms with Crippen LogP contribution in [0.15, 0.2) is 18.2 Å². The Balaban J connectivity index is 2.74. The Morgan fingerprint density at radius 1 is 1.44 bits per heavy atom. The highest BCUT2D eigenvalue weighted by molar-refractivity contribution is 5.94. The van der Waals surface area contributed by atoms with E-state index in [1.54, 1.807) is 13.0 Å². The van der Waals surface area contributed by atoms with Gasteiger partial charge in [0, 0.05) is 5.69 Å². The number of nitrogens with one attached hydrogen (secondary N) is 1. The zero-order chi connectivity index (χ0) is 12.3. The molecule has 0 saturated carbocycles. The lowest BCUT2D eigenvalue weighted by molar-refractivity contribution is -0.118. The van der Waals surface area contributed by atoms with Crippen molar-refractivity contribution in [3.63, 3.8) is 0 Å². The first-order valence-electron chi connectivity index (χ1n) is 5.24. The van der Waals surface area contributed by atoms with Crippen molar-refractivity contribution in [2.75, 3.05) is 5.32 Å². The highest BCUT2D eigenvalue weighted by Gasteiger charge is 2.17. The van der Waals surface area contributed by atoms with Crippen molar-refractivity contribution in [1.29, 1.82) is 0 Å². The Labute approximate surface area is 94.8 Å². The van der Waals surface area contributed by atoms with Crippen LogP contribution in [0.2, 0.25) is 0 Å². The van der Waals surface area contributed by atoms with Gasteiger partial charge in [-0.25, -0.2) is 4.39 Å². The Morgan fingerprint density at radius 2 is 2.06 bits per heavy atom. The second-order valence-electron chi connectivity index (χ2n) is 4.22. The van der Waals surface area contributed by atoms with Gasteiger partial charge in [0.15, 0.2) is 0 Å². The lowest BCUT2D eigenvalue weighted by Crippen LogP contribution is -2.39. The summed E-state index contributed by atoms with van der Waals surface area (Å²) in [5.74, 6) is -0.464. The van der Waals surface area contributed by atoms with E-state index in [9.17, 15) is 9.18 Å². The van der Waals surface area contributed by atoms with Gasteiger partial charge in [-0.2, -0.15) is 0 Å². The monoisotopic (exact) mass is 224 g/mol. The van der Waals surface area contributed by atoms with E-state index in [2.05, 4.69) is 5.32 Å². The first-order chi connectivity index (χ1) is 7.41. The Kier molecular flexibility index (Phi) is 4.01. The number of halogens is 1. The molecule has 0 radical (unpaired) electrons. The first kappa shape index (κ1) is 12.6. The molecule has 0 spiro atoms. The average molecular weight is 224 g/mol. The minimum absolute atomic E-state index is 0.0709. The van der Waals surface area contributed by atoms with Gasteiger partial charge < -0.3 is 11.1 Å². The quantitative estimate of drug-likeness (QED) is 0.825. The van der Waals surface area contributed by atoms with Crippen LogP contribution in [0.5, 0.6) is 0 Å². The summed E-state index contributed by atoms with van der Waals surface area (Å²) < 4.78 is 13.0. The molecule has 0 aliphatic heterocycles. The molecule has 1 amide bonds. The fourth-order valence-electron chi connectivity index (χ4n) is 1.25. The largest absolute Gasteiger partial charge is 0.325 e. The summed E-state index contributed by atoms with van der Waals surface area (Å²) in [4.78, 5) is 11.6. The average Bonchev–Trinajstić information content (AvgIpc) is 2.22. The third-order valence-corrected chi connectivity index (χ3v) is 2.45. The van der Waals surface area contributed by atoms with E-state index in [4.69, 9.17) is 5.73 Å². The number of nitrogens with two attached hydrogens (primary N) is 1. The van der Waals surface area contributed by atoms with E-state index in [1.807, 2.05) is 13.8 Å².